The third-order valence-electron chi connectivity index (χ3n) is 6.24. The summed E-state index contributed by atoms with van der Waals surface area (Å²) >= 11 is 7.25. The zero-order valence-corrected chi connectivity index (χ0v) is 21.0. The number of hydrogen-bond donors (Lipinski definition) is 0. The molecule has 2 aromatic rings. The van der Waals surface area contributed by atoms with Crippen LogP contribution in [0.3, 0.4) is 0 Å². The molecule has 0 aliphatic heterocycles. The largest absolute Gasteiger partial charge is 0.0725 e. The minimum Gasteiger partial charge on any atom is -0.0725 e. The van der Waals surface area contributed by atoms with E-state index in [9.17, 15) is 0 Å². The molecule has 0 aromatic heterocycles. The fourth-order valence-electron chi connectivity index (χ4n) is 3.25. The zero-order chi connectivity index (χ0) is 17.5. The summed E-state index contributed by atoms with van der Waals surface area (Å²) in [5.74, 6) is 0. The van der Waals surface area contributed by atoms with Crippen LogP contribution in [0.1, 0.15) is 0 Å². The van der Waals surface area contributed by atoms with E-state index in [1.165, 1.54) is 8.95 Å². The van der Waals surface area contributed by atoms with Crippen molar-refractivity contribution in [1.29, 1.82) is 0 Å². The number of hydrogen-bond acceptors (Lipinski definition) is 0. The van der Waals surface area contributed by atoms with Gasteiger partial charge in [0.25, 0.3) is 0 Å². The highest BCUT2D eigenvalue weighted by atomic mass is 79.9. The smallest absolute Gasteiger partial charge is 0.0718 e. The van der Waals surface area contributed by atoms with Crippen LogP contribution in [0, 0.1) is 0 Å². The summed E-state index contributed by atoms with van der Waals surface area (Å²) in [6.45, 7) is 15.7. The van der Waals surface area contributed by atoms with Crippen LogP contribution in [0.2, 0.25) is 39.3 Å². The van der Waals surface area contributed by atoms with Crippen molar-refractivity contribution in [3.63, 3.8) is 0 Å². The maximum atomic E-state index is 3.67. The molecule has 0 spiro atoms. The summed E-state index contributed by atoms with van der Waals surface area (Å²) in [5.41, 5.74) is 0. The van der Waals surface area contributed by atoms with Gasteiger partial charge in [-0.1, -0.05) is 106 Å². The van der Waals surface area contributed by atoms with E-state index in [0.717, 1.165) is 0 Å². The average Bonchev–Trinajstić information content (AvgIpc) is 2.47. The Labute approximate surface area is 160 Å². The SMILES string of the molecule is C[Si](C)(c1ccc(Br)cc1)[Si](C)(C)[Si](C)(C)c1cccc(Br)c1. The Morgan fingerprint density at radius 1 is 0.609 bits per heavy atom. The van der Waals surface area contributed by atoms with Crippen molar-refractivity contribution in [2.24, 2.45) is 0 Å². The van der Waals surface area contributed by atoms with Gasteiger partial charge >= 0.3 is 0 Å². The van der Waals surface area contributed by atoms with Gasteiger partial charge in [0.15, 0.2) is 0 Å². The lowest BCUT2D eigenvalue weighted by Crippen LogP contribution is -2.78. The first-order valence-corrected chi connectivity index (χ1v) is 20.6. The third-order valence-corrected chi connectivity index (χ3v) is 48.8. The van der Waals surface area contributed by atoms with Gasteiger partial charge in [0, 0.05) is 16.1 Å². The molecule has 2 aromatic carbocycles. The van der Waals surface area contributed by atoms with Crippen molar-refractivity contribution >= 4 is 64.5 Å². The maximum absolute atomic E-state index is 3.67. The van der Waals surface area contributed by atoms with E-state index in [2.05, 4.69) is 120 Å². The van der Waals surface area contributed by atoms with Crippen LogP contribution in [0.5, 0.6) is 0 Å². The molecule has 0 N–H and O–H groups in total. The normalized spacial score (nSPS) is 13.2. The molecule has 5 heteroatoms. The van der Waals surface area contributed by atoms with Crippen molar-refractivity contribution < 1.29 is 0 Å². The van der Waals surface area contributed by atoms with Crippen LogP contribution >= 0.6 is 31.9 Å². The van der Waals surface area contributed by atoms with Crippen LogP contribution in [0.15, 0.2) is 57.5 Å². The van der Waals surface area contributed by atoms with Crippen molar-refractivity contribution in [3.8, 4) is 0 Å². The Hall–Kier alpha value is 0.0506. The van der Waals surface area contributed by atoms with E-state index < -0.39 is 22.3 Å². The fraction of sp³-hybridized carbons (Fsp3) is 0.333. The molecule has 0 atom stereocenters. The van der Waals surface area contributed by atoms with Crippen LogP contribution in [0.25, 0.3) is 0 Å². The lowest BCUT2D eigenvalue weighted by atomic mass is 10.4. The molecule has 0 aliphatic rings. The molecule has 2 rings (SSSR count). The molecule has 0 fully saturated rings. The van der Waals surface area contributed by atoms with Crippen LogP contribution in [-0.2, 0) is 0 Å². The lowest BCUT2D eigenvalue weighted by molar-refractivity contribution is 1.64. The molecule has 0 saturated carbocycles. The summed E-state index contributed by atoms with van der Waals surface area (Å²) in [5, 5.41) is 3.20. The van der Waals surface area contributed by atoms with Crippen LogP contribution in [-0.4, -0.2) is 22.3 Å². The lowest BCUT2D eigenvalue weighted by Gasteiger charge is -2.49. The standard InChI is InChI=1S/C18H26Br2Si3/c1-21(2,17-12-10-15(19)11-13-17)23(5,6)22(3,4)18-9-7-8-16(20)14-18/h7-14H,1-6H3. The van der Waals surface area contributed by atoms with Gasteiger partial charge in [0.05, 0.1) is 15.2 Å². The summed E-state index contributed by atoms with van der Waals surface area (Å²) in [4.78, 5) is 0. The van der Waals surface area contributed by atoms with Crippen LogP contribution in [0.4, 0.5) is 0 Å². The van der Waals surface area contributed by atoms with Gasteiger partial charge in [-0.2, -0.15) is 0 Å². The monoisotopic (exact) mass is 484 g/mol. The van der Waals surface area contributed by atoms with Crippen molar-refractivity contribution in [2.45, 2.75) is 39.3 Å². The zero-order valence-electron chi connectivity index (χ0n) is 14.9. The van der Waals surface area contributed by atoms with Gasteiger partial charge in [-0.3, -0.25) is 0 Å². The number of benzene rings is 2. The van der Waals surface area contributed by atoms with E-state index in [0.29, 0.717) is 0 Å². The van der Waals surface area contributed by atoms with Gasteiger partial charge in [-0.25, -0.2) is 0 Å². The molecule has 23 heavy (non-hydrogen) atoms. The van der Waals surface area contributed by atoms with E-state index in [1.807, 2.05) is 0 Å². The molecule has 124 valence electrons. The first-order chi connectivity index (χ1) is 10.5. The molecule has 0 amide bonds. The van der Waals surface area contributed by atoms with Gasteiger partial charge in [0.1, 0.15) is 0 Å². The fourth-order valence-corrected chi connectivity index (χ4v) is 35.8. The van der Waals surface area contributed by atoms with Gasteiger partial charge in [0.2, 0.25) is 0 Å². The second-order valence-electron chi connectivity index (χ2n) is 7.89. The molecular formula is C18H26Br2Si3. The summed E-state index contributed by atoms with van der Waals surface area (Å²) < 4.78 is 2.39. The van der Waals surface area contributed by atoms with E-state index in [1.54, 1.807) is 10.4 Å². The molecule has 0 heterocycles. The molecule has 0 unspecified atom stereocenters. The average molecular weight is 486 g/mol. The quantitative estimate of drug-likeness (QED) is 0.493. The minimum absolute atomic E-state index is 1.18. The maximum Gasteiger partial charge on any atom is 0.0718 e. The molecule has 0 radical (unpaired) electrons. The Kier molecular flexibility index (Phi) is 5.69. The minimum atomic E-state index is -1.51. The van der Waals surface area contributed by atoms with E-state index in [4.69, 9.17) is 0 Å². The third kappa shape index (κ3) is 3.54. The Bertz CT molecular complexity index is 692. The van der Waals surface area contributed by atoms with Crippen LogP contribution < -0.4 is 10.4 Å². The summed E-state index contributed by atoms with van der Waals surface area (Å²) in [7, 11) is -4.45. The Balaban J connectivity index is 2.52. The highest BCUT2D eigenvalue weighted by Gasteiger charge is 2.53. The second-order valence-corrected chi connectivity index (χ2v) is 37.1. The highest BCUT2D eigenvalue weighted by molar-refractivity contribution is 9.10. The first-order valence-electron chi connectivity index (χ1n) is 8.02. The molecule has 0 aliphatic carbocycles. The van der Waals surface area contributed by atoms with Gasteiger partial charge < -0.3 is 0 Å². The Morgan fingerprint density at radius 3 is 1.65 bits per heavy atom. The summed E-state index contributed by atoms with van der Waals surface area (Å²) in [6, 6.07) is 18.2. The second kappa shape index (κ2) is 6.75. The predicted molar refractivity (Wildman–Crippen MR) is 120 cm³/mol. The van der Waals surface area contributed by atoms with Crippen molar-refractivity contribution in [3.05, 3.63) is 57.5 Å². The first kappa shape index (κ1) is 19.4. The number of rotatable bonds is 4. The van der Waals surface area contributed by atoms with Gasteiger partial charge in [-0.05, 0) is 24.3 Å². The number of halogens is 2. The van der Waals surface area contributed by atoms with E-state index in [-0.39, 0.29) is 0 Å². The molecule has 0 nitrogen and oxygen atoms in total. The van der Waals surface area contributed by atoms with Crippen molar-refractivity contribution in [2.75, 3.05) is 0 Å². The topological polar surface area (TPSA) is 0 Å². The Morgan fingerprint density at radius 2 is 1.13 bits per heavy atom. The highest BCUT2D eigenvalue weighted by Crippen LogP contribution is 2.29. The molecular weight excluding hydrogens is 460 g/mol. The van der Waals surface area contributed by atoms with Gasteiger partial charge in [-0.15, -0.1) is 0 Å². The molecule has 0 bridgehead atoms. The summed E-state index contributed by atoms with van der Waals surface area (Å²) in [6.07, 6.45) is 0. The van der Waals surface area contributed by atoms with E-state index >= 15 is 0 Å². The molecule has 0 saturated heterocycles. The van der Waals surface area contributed by atoms with Crippen molar-refractivity contribution in [1.82, 2.24) is 0 Å². The predicted octanol–water partition coefficient (Wildman–Crippen LogP) is 5.61.